The van der Waals surface area contributed by atoms with Gasteiger partial charge in [-0.25, -0.2) is 4.68 Å². The lowest BCUT2D eigenvalue weighted by Gasteiger charge is -2.05. The zero-order valence-electron chi connectivity index (χ0n) is 9.89. The summed E-state index contributed by atoms with van der Waals surface area (Å²) in [4.78, 5) is 0. The molecule has 1 heterocycles. The maximum absolute atomic E-state index is 5.17. The van der Waals surface area contributed by atoms with E-state index < -0.39 is 0 Å². The Labute approximate surface area is 109 Å². The lowest BCUT2D eigenvalue weighted by Crippen LogP contribution is -2.07. The molecule has 0 saturated heterocycles. The fourth-order valence-corrected chi connectivity index (χ4v) is 2.81. The van der Waals surface area contributed by atoms with Crippen LogP contribution in [-0.4, -0.2) is 39.0 Å². The highest BCUT2D eigenvalue weighted by molar-refractivity contribution is 8.28. The van der Waals surface area contributed by atoms with Gasteiger partial charge in [-0.15, -0.1) is 14.6 Å². The van der Waals surface area contributed by atoms with Gasteiger partial charge in [0.25, 0.3) is 0 Å². The minimum Gasteiger partial charge on any atom is -0.249 e. The van der Waals surface area contributed by atoms with Gasteiger partial charge in [0.05, 0.1) is 11.9 Å². The molecular weight excluding hydrogens is 258 g/mol. The summed E-state index contributed by atoms with van der Waals surface area (Å²) in [5.74, 6) is 2.29. The Morgan fingerprint density at radius 2 is 2.31 bits per heavy atom. The first kappa shape index (κ1) is 14.1. The van der Waals surface area contributed by atoms with Crippen LogP contribution in [0, 0.1) is 0 Å². The Kier molecular flexibility index (Phi) is 7.23. The van der Waals surface area contributed by atoms with Crippen molar-refractivity contribution in [1.29, 1.82) is 0 Å². The van der Waals surface area contributed by atoms with Crippen molar-refractivity contribution in [1.82, 2.24) is 15.0 Å². The largest absolute Gasteiger partial charge is 0.249 e. The number of thioether (sulfide) groups is 1. The molecule has 6 heteroatoms. The maximum Gasteiger partial charge on any atom is 0.0725 e. The van der Waals surface area contributed by atoms with Crippen LogP contribution in [-0.2, 0) is 33.6 Å². The second kappa shape index (κ2) is 8.20. The van der Waals surface area contributed by atoms with Crippen LogP contribution in [0.25, 0.3) is 0 Å². The fourth-order valence-electron chi connectivity index (χ4n) is 1.43. The van der Waals surface area contributed by atoms with Gasteiger partial charge in [0, 0.05) is 13.0 Å². The average Bonchev–Trinajstić information content (AvgIpc) is 2.69. The third-order valence-corrected chi connectivity index (χ3v) is 4.29. The lowest BCUT2D eigenvalue weighted by molar-refractivity contribution is 0.537. The highest BCUT2D eigenvalue weighted by atomic mass is 32.8. The van der Waals surface area contributed by atoms with Crippen LogP contribution in [0.15, 0.2) is 6.20 Å². The quantitative estimate of drug-likeness (QED) is 0.676. The Bertz CT molecular complexity index is 325. The third-order valence-electron chi connectivity index (χ3n) is 2.31. The van der Waals surface area contributed by atoms with E-state index >= 15 is 0 Å². The topological polar surface area (TPSA) is 30.7 Å². The molecule has 0 radical (unpaired) electrons. The third kappa shape index (κ3) is 5.41. The molecule has 0 aliphatic heterocycles. The van der Waals surface area contributed by atoms with Crippen molar-refractivity contribution in [2.45, 2.75) is 25.8 Å². The first-order chi connectivity index (χ1) is 7.74. The van der Waals surface area contributed by atoms with Gasteiger partial charge in [-0.1, -0.05) is 16.4 Å². The van der Waals surface area contributed by atoms with Gasteiger partial charge in [0.1, 0.15) is 0 Å². The predicted molar refractivity (Wildman–Crippen MR) is 76.9 cm³/mol. The van der Waals surface area contributed by atoms with Crippen LogP contribution in [0.5, 0.6) is 0 Å². The molecule has 1 unspecified atom stereocenters. The van der Waals surface area contributed by atoms with Gasteiger partial charge in [-0.2, -0.15) is 11.8 Å². The van der Waals surface area contributed by atoms with Gasteiger partial charge >= 0.3 is 0 Å². The second-order valence-electron chi connectivity index (χ2n) is 3.68. The van der Waals surface area contributed by atoms with Crippen molar-refractivity contribution in [3.8, 4) is 0 Å². The van der Waals surface area contributed by atoms with Crippen molar-refractivity contribution in [3.63, 3.8) is 0 Å². The van der Waals surface area contributed by atoms with Crippen LogP contribution < -0.4 is 0 Å². The van der Waals surface area contributed by atoms with E-state index in [1.54, 1.807) is 0 Å². The Balaban J connectivity index is 2.29. The monoisotopic (exact) mass is 277 g/mol. The number of aryl methyl sites for hydroxylation is 2. The summed E-state index contributed by atoms with van der Waals surface area (Å²) in [7, 11) is 0.161. The van der Waals surface area contributed by atoms with Crippen molar-refractivity contribution in [3.05, 3.63) is 11.9 Å². The first-order valence-corrected chi connectivity index (χ1v) is 9.52. The zero-order chi connectivity index (χ0) is 11.8. The number of nitrogens with zero attached hydrogens (tertiary/aromatic N) is 3. The molecular formula is C10H19N3S3. The standard InChI is InChI=1S/C10H19N3S3/c1-15-7-5-10-9-11-12-13(10)6-3-4-8-16(2)14/h9H,3-8H2,1-2H3. The van der Waals surface area contributed by atoms with Gasteiger partial charge in [0.15, 0.2) is 0 Å². The van der Waals surface area contributed by atoms with Gasteiger partial charge in [-0.3, -0.25) is 0 Å². The SMILES string of the molecule is CSCCc1cnnn1CCCCS(C)=S. The number of aromatic nitrogens is 3. The van der Waals surface area contributed by atoms with Crippen LogP contribution in [0.3, 0.4) is 0 Å². The number of rotatable bonds is 8. The first-order valence-electron chi connectivity index (χ1n) is 5.40. The summed E-state index contributed by atoms with van der Waals surface area (Å²) in [6.07, 6.45) is 9.55. The smallest absolute Gasteiger partial charge is 0.0725 e. The van der Waals surface area contributed by atoms with Crippen LogP contribution in [0.1, 0.15) is 18.5 Å². The summed E-state index contributed by atoms with van der Waals surface area (Å²) < 4.78 is 2.04. The van der Waals surface area contributed by atoms with Gasteiger partial charge in [-0.05, 0) is 36.9 Å². The molecule has 1 aromatic heterocycles. The molecule has 0 bridgehead atoms. The van der Waals surface area contributed by atoms with E-state index in [1.807, 2.05) is 22.6 Å². The van der Waals surface area contributed by atoms with E-state index in [0.717, 1.165) is 30.9 Å². The summed E-state index contributed by atoms with van der Waals surface area (Å²) in [6.45, 7) is 0.982. The van der Waals surface area contributed by atoms with Crippen molar-refractivity contribution < 1.29 is 0 Å². The molecule has 0 aliphatic rings. The molecule has 1 rings (SSSR count). The highest BCUT2D eigenvalue weighted by Gasteiger charge is 2.02. The predicted octanol–water partition coefficient (Wildman–Crippen LogP) is 1.67. The van der Waals surface area contributed by atoms with Crippen molar-refractivity contribution in [2.24, 2.45) is 0 Å². The molecule has 0 fully saturated rings. The lowest BCUT2D eigenvalue weighted by atomic mass is 10.3. The zero-order valence-corrected chi connectivity index (χ0v) is 12.3. The van der Waals surface area contributed by atoms with E-state index in [1.165, 1.54) is 12.1 Å². The van der Waals surface area contributed by atoms with E-state index in [0.29, 0.717) is 0 Å². The van der Waals surface area contributed by atoms with Crippen molar-refractivity contribution >= 4 is 32.4 Å². The minimum absolute atomic E-state index is 0.161. The summed E-state index contributed by atoms with van der Waals surface area (Å²) >= 11 is 7.02. The molecule has 92 valence electrons. The summed E-state index contributed by atoms with van der Waals surface area (Å²) in [5, 5.41) is 8.09. The summed E-state index contributed by atoms with van der Waals surface area (Å²) in [6, 6.07) is 0. The van der Waals surface area contributed by atoms with E-state index in [4.69, 9.17) is 11.2 Å². The fraction of sp³-hybridized carbons (Fsp3) is 0.800. The maximum atomic E-state index is 5.17. The molecule has 1 aromatic rings. The Morgan fingerprint density at radius 1 is 1.50 bits per heavy atom. The normalized spacial score (nSPS) is 12.9. The van der Waals surface area contributed by atoms with Crippen LogP contribution >= 0.6 is 11.8 Å². The van der Waals surface area contributed by atoms with Crippen LogP contribution in [0.2, 0.25) is 0 Å². The van der Waals surface area contributed by atoms with Crippen molar-refractivity contribution in [2.75, 3.05) is 24.0 Å². The molecule has 1 atom stereocenters. The molecule has 0 N–H and O–H groups in total. The highest BCUT2D eigenvalue weighted by Crippen LogP contribution is 2.04. The van der Waals surface area contributed by atoms with Gasteiger partial charge < -0.3 is 0 Å². The number of hydrogen-bond acceptors (Lipinski definition) is 4. The molecule has 3 nitrogen and oxygen atoms in total. The molecule has 0 aromatic carbocycles. The Morgan fingerprint density at radius 3 is 3.00 bits per heavy atom. The molecule has 0 saturated carbocycles. The molecule has 0 amide bonds. The second-order valence-corrected chi connectivity index (χ2v) is 7.92. The van der Waals surface area contributed by atoms with Crippen LogP contribution in [0.4, 0.5) is 0 Å². The summed E-state index contributed by atoms with van der Waals surface area (Å²) in [5.41, 5.74) is 1.25. The Hall–Kier alpha value is 0.0600. The molecule has 16 heavy (non-hydrogen) atoms. The average molecular weight is 277 g/mol. The van der Waals surface area contributed by atoms with E-state index in [-0.39, 0.29) is 9.45 Å². The van der Waals surface area contributed by atoms with E-state index in [9.17, 15) is 0 Å². The van der Waals surface area contributed by atoms with E-state index in [2.05, 4.69) is 22.8 Å². The number of hydrogen-bond donors (Lipinski definition) is 0. The minimum atomic E-state index is 0.161. The van der Waals surface area contributed by atoms with Gasteiger partial charge in [0.2, 0.25) is 0 Å². The molecule has 0 spiro atoms. The molecule has 0 aliphatic carbocycles. The number of unbranched alkanes of at least 4 members (excludes halogenated alkanes) is 1.